The summed E-state index contributed by atoms with van der Waals surface area (Å²) in [6.07, 6.45) is 3.29. The second kappa shape index (κ2) is 7.24. The van der Waals surface area contributed by atoms with E-state index in [2.05, 4.69) is 20.6 Å². The molecule has 9 heteroatoms. The van der Waals surface area contributed by atoms with Crippen molar-refractivity contribution in [3.63, 3.8) is 0 Å². The molecule has 2 unspecified atom stereocenters. The number of aliphatic carboxylic acids is 1. The van der Waals surface area contributed by atoms with Crippen LogP contribution in [-0.2, 0) is 20.8 Å². The van der Waals surface area contributed by atoms with E-state index in [-0.39, 0.29) is 6.42 Å². The number of nitrogens with one attached hydrogen (secondary N) is 3. The lowest BCUT2D eigenvalue weighted by Gasteiger charge is -2.16. The minimum absolute atomic E-state index is 0.259. The first-order valence-electron chi connectivity index (χ1n) is 5.93. The zero-order valence-corrected chi connectivity index (χ0v) is 10.9. The van der Waals surface area contributed by atoms with Crippen molar-refractivity contribution in [1.82, 2.24) is 20.6 Å². The molecule has 1 aromatic rings. The van der Waals surface area contributed by atoms with Gasteiger partial charge >= 0.3 is 5.97 Å². The molecule has 6 N–H and O–H groups in total. The largest absolute Gasteiger partial charge is 0.480 e. The number of aromatic amines is 1. The predicted octanol–water partition coefficient (Wildman–Crippen LogP) is -2.01. The summed E-state index contributed by atoms with van der Waals surface area (Å²) < 4.78 is 0. The number of aromatic nitrogens is 2. The zero-order chi connectivity index (χ0) is 15.1. The Labute approximate surface area is 114 Å². The topological polar surface area (TPSA) is 150 Å². The van der Waals surface area contributed by atoms with Gasteiger partial charge in [0, 0.05) is 18.3 Å². The number of amides is 2. The summed E-state index contributed by atoms with van der Waals surface area (Å²) in [5.41, 5.74) is 6.40. The molecule has 0 fully saturated rings. The van der Waals surface area contributed by atoms with Crippen LogP contribution in [0.5, 0.6) is 0 Å². The van der Waals surface area contributed by atoms with E-state index in [0.717, 1.165) is 0 Å². The lowest BCUT2D eigenvalue weighted by Crippen LogP contribution is -2.51. The van der Waals surface area contributed by atoms with Crippen molar-refractivity contribution in [2.45, 2.75) is 25.4 Å². The molecular weight excluding hydrogens is 266 g/mol. The van der Waals surface area contributed by atoms with Gasteiger partial charge in [-0.25, -0.2) is 4.98 Å². The highest BCUT2D eigenvalue weighted by molar-refractivity contribution is 5.90. The Morgan fingerprint density at radius 2 is 2.15 bits per heavy atom. The first-order chi connectivity index (χ1) is 9.40. The monoisotopic (exact) mass is 283 g/mol. The van der Waals surface area contributed by atoms with Crippen molar-refractivity contribution in [2.24, 2.45) is 5.73 Å². The van der Waals surface area contributed by atoms with Gasteiger partial charge in [0.25, 0.3) is 0 Å². The molecule has 0 aliphatic rings. The number of hydrogen-bond acceptors (Lipinski definition) is 5. The summed E-state index contributed by atoms with van der Waals surface area (Å²) in [7, 11) is 0. The van der Waals surface area contributed by atoms with Crippen LogP contribution < -0.4 is 16.4 Å². The van der Waals surface area contributed by atoms with Crippen LogP contribution in [0.3, 0.4) is 0 Å². The minimum Gasteiger partial charge on any atom is -0.480 e. The van der Waals surface area contributed by atoms with E-state index < -0.39 is 36.4 Å². The molecule has 0 saturated heterocycles. The molecule has 0 aliphatic heterocycles. The summed E-state index contributed by atoms with van der Waals surface area (Å²) in [6.45, 7) is 0.942. The van der Waals surface area contributed by atoms with Gasteiger partial charge in [0.15, 0.2) is 0 Å². The number of nitrogens with zero attached hydrogens (tertiary/aromatic N) is 1. The number of imidazole rings is 1. The van der Waals surface area contributed by atoms with Crippen molar-refractivity contribution in [3.8, 4) is 0 Å². The lowest BCUT2D eigenvalue weighted by molar-refractivity contribution is -0.138. The maximum Gasteiger partial charge on any atom is 0.322 e. The molecule has 9 nitrogen and oxygen atoms in total. The van der Waals surface area contributed by atoms with Crippen molar-refractivity contribution >= 4 is 17.8 Å². The predicted molar refractivity (Wildman–Crippen MR) is 68.5 cm³/mol. The third-order valence-corrected chi connectivity index (χ3v) is 2.50. The molecular formula is C11H17N5O4. The quantitative estimate of drug-likeness (QED) is 0.390. The van der Waals surface area contributed by atoms with Gasteiger partial charge in [0.05, 0.1) is 12.4 Å². The molecule has 2 amide bonds. The van der Waals surface area contributed by atoms with Crippen LogP contribution in [0.25, 0.3) is 0 Å². The Bertz CT molecular complexity index is 473. The Hall–Kier alpha value is -2.42. The van der Waals surface area contributed by atoms with Gasteiger partial charge in [-0.05, 0) is 6.92 Å². The van der Waals surface area contributed by atoms with Crippen LogP contribution in [0.2, 0.25) is 0 Å². The Balaban J connectivity index is 2.40. The van der Waals surface area contributed by atoms with E-state index in [1.54, 1.807) is 6.20 Å². The number of hydrogen-bond donors (Lipinski definition) is 5. The third-order valence-electron chi connectivity index (χ3n) is 2.50. The zero-order valence-electron chi connectivity index (χ0n) is 10.9. The minimum atomic E-state index is -1.16. The van der Waals surface area contributed by atoms with Gasteiger partial charge in [0.2, 0.25) is 11.8 Å². The molecule has 110 valence electrons. The van der Waals surface area contributed by atoms with Gasteiger partial charge in [-0.3, -0.25) is 14.4 Å². The second-order valence-corrected chi connectivity index (χ2v) is 4.23. The number of carbonyl (C=O) groups is 3. The maximum absolute atomic E-state index is 11.8. The average molecular weight is 283 g/mol. The van der Waals surface area contributed by atoms with Crippen molar-refractivity contribution in [1.29, 1.82) is 0 Å². The van der Waals surface area contributed by atoms with Gasteiger partial charge < -0.3 is 26.5 Å². The van der Waals surface area contributed by atoms with E-state index in [4.69, 9.17) is 10.8 Å². The summed E-state index contributed by atoms with van der Waals surface area (Å²) in [5.74, 6) is -2.25. The summed E-state index contributed by atoms with van der Waals surface area (Å²) in [6, 6.07) is -1.69. The summed E-state index contributed by atoms with van der Waals surface area (Å²) in [5, 5.41) is 13.0. The van der Waals surface area contributed by atoms with E-state index in [0.29, 0.717) is 5.69 Å². The van der Waals surface area contributed by atoms with Crippen LogP contribution in [0.15, 0.2) is 12.5 Å². The number of H-pyrrole nitrogens is 1. The van der Waals surface area contributed by atoms with E-state index in [1.165, 1.54) is 13.3 Å². The highest BCUT2D eigenvalue weighted by atomic mass is 16.4. The fourth-order valence-electron chi connectivity index (χ4n) is 1.43. The summed E-state index contributed by atoms with van der Waals surface area (Å²) >= 11 is 0. The van der Waals surface area contributed by atoms with Gasteiger partial charge in [-0.1, -0.05) is 0 Å². The molecule has 1 aromatic heterocycles. The fraction of sp³-hybridized carbons (Fsp3) is 0.455. The first-order valence-corrected chi connectivity index (χ1v) is 5.93. The number of carboxylic acids is 1. The Kier molecular flexibility index (Phi) is 5.66. The van der Waals surface area contributed by atoms with Crippen LogP contribution >= 0.6 is 0 Å². The SMILES string of the molecule is CC(NC(=O)C(N)Cc1cnc[nH]1)C(=O)NCC(=O)O. The van der Waals surface area contributed by atoms with Crippen LogP contribution in [0, 0.1) is 0 Å². The molecule has 0 aliphatic carbocycles. The van der Waals surface area contributed by atoms with Crippen molar-refractivity contribution < 1.29 is 19.5 Å². The van der Waals surface area contributed by atoms with Crippen LogP contribution in [0.4, 0.5) is 0 Å². The molecule has 20 heavy (non-hydrogen) atoms. The highest BCUT2D eigenvalue weighted by Gasteiger charge is 2.20. The Morgan fingerprint density at radius 3 is 2.70 bits per heavy atom. The van der Waals surface area contributed by atoms with Gasteiger partial charge in [-0.2, -0.15) is 0 Å². The van der Waals surface area contributed by atoms with Gasteiger partial charge in [-0.15, -0.1) is 0 Å². The van der Waals surface area contributed by atoms with Crippen LogP contribution in [-0.4, -0.2) is 51.5 Å². The van der Waals surface area contributed by atoms with Crippen LogP contribution in [0.1, 0.15) is 12.6 Å². The van der Waals surface area contributed by atoms with Crippen molar-refractivity contribution in [2.75, 3.05) is 6.54 Å². The van der Waals surface area contributed by atoms with E-state index >= 15 is 0 Å². The van der Waals surface area contributed by atoms with Crippen molar-refractivity contribution in [3.05, 3.63) is 18.2 Å². The maximum atomic E-state index is 11.8. The van der Waals surface area contributed by atoms with Gasteiger partial charge in [0.1, 0.15) is 12.6 Å². The average Bonchev–Trinajstić information content (AvgIpc) is 2.88. The molecule has 0 bridgehead atoms. The smallest absolute Gasteiger partial charge is 0.322 e. The number of carbonyl (C=O) groups excluding carboxylic acids is 2. The molecule has 0 radical (unpaired) electrons. The molecule has 0 spiro atoms. The normalized spacial score (nSPS) is 13.3. The molecule has 2 atom stereocenters. The highest BCUT2D eigenvalue weighted by Crippen LogP contribution is 1.97. The molecule has 0 saturated carbocycles. The molecule has 0 aromatic carbocycles. The Morgan fingerprint density at radius 1 is 1.45 bits per heavy atom. The standard InChI is InChI=1S/C11H17N5O4/c1-6(10(19)14-4-9(17)18)16-11(20)8(12)2-7-3-13-5-15-7/h3,5-6,8H,2,4,12H2,1H3,(H,13,15)(H,14,19)(H,16,20)(H,17,18). The number of rotatable bonds is 7. The number of nitrogens with two attached hydrogens (primary N) is 1. The lowest BCUT2D eigenvalue weighted by atomic mass is 10.1. The molecule has 1 heterocycles. The second-order valence-electron chi connectivity index (χ2n) is 4.23. The summed E-state index contributed by atoms with van der Waals surface area (Å²) in [4.78, 5) is 40.2. The first kappa shape index (κ1) is 15.6. The fourth-order valence-corrected chi connectivity index (χ4v) is 1.43. The number of carboxylic acid groups (broad SMARTS) is 1. The third kappa shape index (κ3) is 5.06. The van der Waals surface area contributed by atoms with E-state index in [1.807, 2.05) is 0 Å². The molecule has 1 rings (SSSR count). The van der Waals surface area contributed by atoms with E-state index in [9.17, 15) is 14.4 Å².